The fraction of sp³-hybridized carbons (Fsp3) is 0.500. The summed E-state index contributed by atoms with van der Waals surface area (Å²) in [5, 5.41) is 5.25. The molecule has 1 aromatic heterocycles. The summed E-state index contributed by atoms with van der Waals surface area (Å²) in [5.41, 5.74) is -0.421. The Morgan fingerprint density at radius 3 is 2.67 bits per heavy atom. The molecule has 100 valence electrons. The van der Waals surface area contributed by atoms with E-state index in [2.05, 4.69) is 15.6 Å². The van der Waals surface area contributed by atoms with Gasteiger partial charge in [-0.2, -0.15) is 0 Å². The first-order chi connectivity index (χ1) is 8.31. The molecule has 0 spiro atoms. The van der Waals surface area contributed by atoms with Crippen LogP contribution in [0, 0.1) is 5.82 Å². The van der Waals surface area contributed by atoms with Crippen molar-refractivity contribution < 1.29 is 13.9 Å². The Bertz CT molecular complexity index is 430. The van der Waals surface area contributed by atoms with E-state index in [1.54, 1.807) is 27.8 Å². The topological polar surface area (TPSA) is 63.2 Å². The standard InChI is InChI=1S/C12H18FN3O2/c1-12(2,3)18-11(17)15-7-9-8(13)5-6-10(14-4)16-9/h5-6H,7H2,1-4H3,(H,14,16)(H,15,17). The van der Waals surface area contributed by atoms with Crippen LogP contribution in [0.15, 0.2) is 12.1 Å². The van der Waals surface area contributed by atoms with Gasteiger partial charge in [-0.15, -0.1) is 0 Å². The number of halogens is 1. The minimum Gasteiger partial charge on any atom is -0.444 e. The normalized spacial score (nSPS) is 10.9. The third kappa shape index (κ3) is 4.57. The number of carbonyl (C=O) groups excluding carboxylic acids is 1. The lowest BCUT2D eigenvalue weighted by Gasteiger charge is -2.19. The molecule has 18 heavy (non-hydrogen) atoms. The van der Waals surface area contributed by atoms with Gasteiger partial charge >= 0.3 is 6.09 Å². The summed E-state index contributed by atoms with van der Waals surface area (Å²) in [4.78, 5) is 15.4. The van der Waals surface area contributed by atoms with Gasteiger partial charge in [-0.25, -0.2) is 14.2 Å². The third-order valence-corrected chi connectivity index (χ3v) is 1.97. The number of amides is 1. The minimum absolute atomic E-state index is 0.0176. The molecule has 1 heterocycles. The molecule has 0 fully saturated rings. The van der Waals surface area contributed by atoms with Crippen LogP contribution in [0.1, 0.15) is 26.5 Å². The number of anilines is 1. The molecular formula is C12H18FN3O2. The second kappa shape index (κ2) is 5.66. The Hall–Kier alpha value is -1.85. The van der Waals surface area contributed by atoms with Crippen LogP contribution < -0.4 is 10.6 Å². The van der Waals surface area contributed by atoms with Crippen molar-refractivity contribution in [1.29, 1.82) is 0 Å². The zero-order valence-electron chi connectivity index (χ0n) is 11.0. The summed E-state index contributed by atoms with van der Waals surface area (Å²) < 4.78 is 18.5. The highest BCUT2D eigenvalue weighted by atomic mass is 19.1. The van der Waals surface area contributed by atoms with E-state index in [1.807, 2.05) is 0 Å². The van der Waals surface area contributed by atoms with Crippen molar-refractivity contribution in [3.05, 3.63) is 23.6 Å². The van der Waals surface area contributed by atoms with Crippen molar-refractivity contribution in [2.45, 2.75) is 32.9 Å². The molecule has 0 aliphatic heterocycles. The van der Waals surface area contributed by atoms with E-state index in [4.69, 9.17) is 4.74 Å². The Balaban J connectivity index is 2.60. The number of hydrogen-bond acceptors (Lipinski definition) is 4. The average molecular weight is 255 g/mol. The van der Waals surface area contributed by atoms with Gasteiger partial charge in [0.25, 0.3) is 0 Å². The van der Waals surface area contributed by atoms with Crippen LogP contribution in [0.5, 0.6) is 0 Å². The van der Waals surface area contributed by atoms with E-state index < -0.39 is 17.5 Å². The van der Waals surface area contributed by atoms with Gasteiger partial charge in [0, 0.05) is 7.05 Å². The van der Waals surface area contributed by atoms with Gasteiger partial charge in [0.05, 0.1) is 12.2 Å². The molecule has 0 aliphatic carbocycles. The molecule has 0 bridgehead atoms. The van der Waals surface area contributed by atoms with Gasteiger partial charge in [0.15, 0.2) is 0 Å². The molecule has 1 rings (SSSR count). The van der Waals surface area contributed by atoms with E-state index in [1.165, 1.54) is 12.1 Å². The second-order valence-electron chi connectivity index (χ2n) is 4.73. The Labute approximate surface area is 106 Å². The van der Waals surface area contributed by atoms with Gasteiger partial charge in [-0.1, -0.05) is 0 Å². The fourth-order valence-corrected chi connectivity index (χ4v) is 1.22. The number of nitrogens with one attached hydrogen (secondary N) is 2. The smallest absolute Gasteiger partial charge is 0.407 e. The molecule has 0 aromatic carbocycles. The van der Waals surface area contributed by atoms with E-state index >= 15 is 0 Å². The molecule has 0 saturated carbocycles. The molecule has 0 radical (unpaired) electrons. The van der Waals surface area contributed by atoms with Crippen LogP contribution in [0.3, 0.4) is 0 Å². The molecule has 0 saturated heterocycles. The Morgan fingerprint density at radius 1 is 1.44 bits per heavy atom. The number of pyridine rings is 1. The molecular weight excluding hydrogens is 237 g/mol. The van der Waals surface area contributed by atoms with Gasteiger partial charge < -0.3 is 15.4 Å². The van der Waals surface area contributed by atoms with Crippen LogP contribution in [0.25, 0.3) is 0 Å². The predicted octanol–water partition coefficient (Wildman–Crippen LogP) is 2.29. The largest absolute Gasteiger partial charge is 0.444 e. The van der Waals surface area contributed by atoms with Crippen molar-refractivity contribution in [3.63, 3.8) is 0 Å². The van der Waals surface area contributed by atoms with Crippen LogP contribution in [0.2, 0.25) is 0 Å². The molecule has 1 amide bonds. The molecule has 6 heteroatoms. The lowest BCUT2D eigenvalue weighted by molar-refractivity contribution is 0.0522. The Kier molecular flexibility index (Phi) is 4.47. The summed E-state index contributed by atoms with van der Waals surface area (Å²) in [7, 11) is 1.69. The van der Waals surface area contributed by atoms with Gasteiger partial charge in [0.2, 0.25) is 0 Å². The summed E-state index contributed by atoms with van der Waals surface area (Å²) in [6.45, 7) is 5.25. The van der Waals surface area contributed by atoms with Crippen molar-refractivity contribution in [2.75, 3.05) is 12.4 Å². The lowest BCUT2D eigenvalue weighted by Crippen LogP contribution is -2.32. The predicted molar refractivity (Wildman–Crippen MR) is 66.8 cm³/mol. The Morgan fingerprint density at radius 2 is 2.11 bits per heavy atom. The molecule has 0 unspecified atom stereocenters. The zero-order valence-corrected chi connectivity index (χ0v) is 11.0. The molecule has 2 N–H and O–H groups in total. The van der Waals surface area contributed by atoms with E-state index in [9.17, 15) is 9.18 Å². The first kappa shape index (κ1) is 14.2. The first-order valence-corrected chi connectivity index (χ1v) is 5.62. The number of alkyl carbamates (subject to hydrolysis) is 1. The quantitative estimate of drug-likeness (QED) is 0.869. The highest BCUT2D eigenvalue weighted by molar-refractivity contribution is 5.67. The number of aromatic nitrogens is 1. The maximum absolute atomic E-state index is 13.4. The first-order valence-electron chi connectivity index (χ1n) is 5.62. The molecule has 5 nitrogen and oxygen atoms in total. The monoisotopic (exact) mass is 255 g/mol. The second-order valence-corrected chi connectivity index (χ2v) is 4.73. The van der Waals surface area contributed by atoms with Crippen molar-refractivity contribution >= 4 is 11.9 Å². The van der Waals surface area contributed by atoms with Crippen LogP contribution in [-0.2, 0) is 11.3 Å². The van der Waals surface area contributed by atoms with Gasteiger partial charge in [-0.05, 0) is 32.9 Å². The van der Waals surface area contributed by atoms with Crippen molar-refractivity contribution in [1.82, 2.24) is 10.3 Å². The lowest BCUT2D eigenvalue weighted by atomic mass is 10.2. The number of carbonyl (C=O) groups is 1. The summed E-state index contributed by atoms with van der Waals surface area (Å²) >= 11 is 0. The highest BCUT2D eigenvalue weighted by Crippen LogP contribution is 2.10. The molecule has 0 atom stereocenters. The summed E-state index contributed by atoms with van der Waals surface area (Å²) in [5.74, 6) is 0.0717. The number of hydrogen-bond donors (Lipinski definition) is 2. The zero-order chi connectivity index (χ0) is 13.8. The maximum Gasteiger partial charge on any atom is 0.407 e. The van der Waals surface area contributed by atoms with E-state index in [0.29, 0.717) is 5.82 Å². The minimum atomic E-state index is -0.599. The molecule has 1 aromatic rings. The number of ether oxygens (including phenoxy) is 1. The summed E-state index contributed by atoms with van der Waals surface area (Å²) in [6.07, 6.45) is -0.599. The van der Waals surface area contributed by atoms with Gasteiger partial charge in [0.1, 0.15) is 17.2 Å². The van der Waals surface area contributed by atoms with Crippen molar-refractivity contribution in [3.8, 4) is 0 Å². The van der Waals surface area contributed by atoms with Crippen LogP contribution in [0.4, 0.5) is 15.0 Å². The number of rotatable bonds is 3. The average Bonchev–Trinajstić information content (AvgIpc) is 2.25. The molecule has 0 aliphatic rings. The number of nitrogens with zero attached hydrogens (tertiary/aromatic N) is 1. The maximum atomic E-state index is 13.4. The highest BCUT2D eigenvalue weighted by Gasteiger charge is 2.16. The van der Waals surface area contributed by atoms with Crippen molar-refractivity contribution in [2.24, 2.45) is 0 Å². The van der Waals surface area contributed by atoms with Gasteiger partial charge in [-0.3, -0.25) is 0 Å². The SMILES string of the molecule is CNc1ccc(F)c(CNC(=O)OC(C)(C)C)n1. The third-order valence-electron chi connectivity index (χ3n) is 1.97. The van der Waals surface area contributed by atoms with E-state index in [0.717, 1.165) is 0 Å². The fourth-order valence-electron chi connectivity index (χ4n) is 1.22. The van der Waals surface area contributed by atoms with Crippen LogP contribution in [-0.4, -0.2) is 23.7 Å². The van der Waals surface area contributed by atoms with Crippen LogP contribution >= 0.6 is 0 Å². The summed E-state index contributed by atoms with van der Waals surface area (Å²) in [6, 6.07) is 2.82. The van der Waals surface area contributed by atoms with E-state index in [-0.39, 0.29) is 12.2 Å².